The lowest BCUT2D eigenvalue weighted by Crippen LogP contribution is -2.52. The molecule has 1 aliphatic rings. The van der Waals surface area contributed by atoms with Crippen LogP contribution in [-0.4, -0.2) is 27.7 Å². The standard InChI is InChI=1S/C19H25N3O2/c1-13(2)18(12-22-7-3-4-8-22)21-19(24)17-10-14-5-6-16(23)9-15(14)11-20-17/h3-9,13,17-18,20,23H,10-12H2,1-2H3,(H,21,24)/t17-,18-/m1/s1. The molecule has 5 heteroatoms. The molecule has 0 saturated carbocycles. The molecule has 0 fully saturated rings. The molecule has 24 heavy (non-hydrogen) atoms. The summed E-state index contributed by atoms with van der Waals surface area (Å²) >= 11 is 0. The van der Waals surface area contributed by atoms with E-state index in [2.05, 4.69) is 29.0 Å². The number of aromatic nitrogens is 1. The van der Waals surface area contributed by atoms with Crippen molar-refractivity contribution in [2.24, 2.45) is 5.92 Å². The highest BCUT2D eigenvalue weighted by Gasteiger charge is 2.27. The van der Waals surface area contributed by atoms with Gasteiger partial charge in [0.15, 0.2) is 0 Å². The van der Waals surface area contributed by atoms with Crippen molar-refractivity contribution in [1.29, 1.82) is 0 Å². The Kier molecular flexibility index (Phi) is 4.90. The molecule has 0 spiro atoms. The fourth-order valence-corrected chi connectivity index (χ4v) is 3.11. The van der Waals surface area contributed by atoms with Gasteiger partial charge in [-0.15, -0.1) is 0 Å². The molecule has 1 aliphatic heterocycles. The van der Waals surface area contributed by atoms with Crippen LogP contribution in [0.2, 0.25) is 0 Å². The summed E-state index contributed by atoms with van der Waals surface area (Å²) in [5, 5.41) is 16.0. The zero-order valence-corrected chi connectivity index (χ0v) is 14.2. The number of hydrogen-bond donors (Lipinski definition) is 3. The van der Waals surface area contributed by atoms with Crippen LogP contribution in [0.15, 0.2) is 42.7 Å². The third kappa shape index (κ3) is 3.79. The molecule has 1 amide bonds. The van der Waals surface area contributed by atoms with Crippen molar-refractivity contribution in [1.82, 2.24) is 15.2 Å². The molecule has 0 aliphatic carbocycles. The van der Waals surface area contributed by atoms with Crippen molar-refractivity contribution >= 4 is 5.91 Å². The number of benzene rings is 1. The van der Waals surface area contributed by atoms with Crippen LogP contribution in [0.3, 0.4) is 0 Å². The first-order valence-electron chi connectivity index (χ1n) is 8.48. The third-order valence-electron chi connectivity index (χ3n) is 4.68. The SMILES string of the molecule is CC(C)[C@@H](Cn1cccc1)NC(=O)[C@H]1Cc2ccc(O)cc2CN1. The average Bonchev–Trinajstić information content (AvgIpc) is 3.06. The van der Waals surface area contributed by atoms with Crippen LogP contribution >= 0.6 is 0 Å². The number of aromatic hydroxyl groups is 1. The highest BCUT2D eigenvalue weighted by molar-refractivity contribution is 5.82. The maximum atomic E-state index is 12.7. The normalized spacial score (nSPS) is 18.2. The summed E-state index contributed by atoms with van der Waals surface area (Å²) in [7, 11) is 0. The van der Waals surface area contributed by atoms with Gasteiger partial charge in [0.25, 0.3) is 0 Å². The average molecular weight is 327 g/mol. The lowest BCUT2D eigenvalue weighted by Gasteiger charge is -2.29. The maximum Gasteiger partial charge on any atom is 0.237 e. The Hall–Kier alpha value is -2.27. The quantitative estimate of drug-likeness (QED) is 0.787. The van der Waals surface area contributed by atoms with Gasteiger partial charge >= 0.3 is 0 Å². The first-order valence-corrected chi connectivity index (χ1v) is 8.48. The third-order valence-corrected chi connectivity index (χ3v) is 4.68. The van der Waals surface area contributed by atoms with Crippen LogP contribution in [0.1, 0.15) is 25.0 Å². The summed E-state index contributed by atoms with van der Waals surface area (Å²) in [6, 6.07) is 9.20. The number of phenols is 1. The molecule has 5 nitrogen and oxygen atoms in total. The highest BCUT2D eigenvalue weighted by Crippen LogP contribution is 2.21. The van der Waals surface area contributed by atoms with Gasteiger partial charge in [0.2, 0.25) is 5.91 Å². The number of phenolic OH excluding ortho intramolecular Hbond substituents is 1. The number of rotatable bonds is 5. The summed E-state index contributed by atoms with van der Waals surface area (Å²) in [6.45, 7) is 5.63. The number of amides is 1. The van der Waals surface area contributed by atoms with Crippen LogP contribution in [0.25, 0.3) is 0 Å². The van der Waals surface area contributed by atoms with Crippen molar-refractivity contribution in [3.05, 3.63) is 53.9 Å². The van der Waals surface area contributed by atoms with Crippen LogP contribution in [-0.2, 0) is 24.3 Å². The minimum Gasteiger partial charge on any atom is -0.508 e. The second-order valence-corrected chi connectivity index (χ2v) is 6.83. The van der Waals surface area contributed by atoms with E-state index in [0.717, 1.165) is 17.7 Å². The molecule has 1 aromatic heterocycles. The first-order chi connectivity index (χ1) is 11.5. The maximum absolute atomic E-state index is 12.7. The van der Waals surface area contributed by atoms with Crippen LogP contribution in [0.4, 0.5) is 0 Å². The number of hydrogen-bond acceptors (Lipinski definition) is 3. The van der Waals surface area contributed by atoms with Crippen LogP contribution in [0.5, 0.6) is 5.75 Å². The van der Waals surface area contributed by atoms with Gasteiger partial charge in [-0.25, -0.2) is 0 Å². The van der Waals surface area contributed by atoms with Crippen molar-refractivity contribution in [3.63, 3.8) is 0 Å². The van der Waals surface area contributed by atoms with Crippen LogP contribution in [0, 0.1) is 5.92 Å². The van der Waals surface area contributed by atoms with Gasteiger partial charge in [-0.1, -0.05) is 19.9 Å². The zero-order chi connectivity index (χ0) is 17.1. The smallest absolute Gasteiger partial charge is 0.237 e. The number of carbonyl (C=O) groups excluding carboxylic acids is 1. The number of fused-ring (bicyclic) bond motifs is 1. The molecular formula is C19H25N3O2. The van der Waals surface area contributed by atoms with E-state index in [4.69, 9.17) is 0 Å². The molecule has 128 valence electrons. The predicted octanol–water partition coefficient (Wildman–Crippen LogP) is 2.05. The van der Waals surface area contributed by atoms with Gasteiger partial charge in [0.05, 0.1) is 6.04 Å². The van der Waals surface area contributed by atoms with Crippen molar-refractivity contribution < 1.29 is 9.90 Å². The number of nitrogens with one attached hydrogen (secondary N) is 2. The molecule has 0 unspecified atom stereocenters. The van der Waals surface area contributed by atoms with Gasteiger partial charge < -0.3 is 20.3 Å². The zero-order valence-electron chi connectivity index (χ0n) is 14.2. The topological polar surface area (TPSA) is 66.3 Å². The van der Waals surface area contributed by atoms with E-state index >= 15 is 0 Å². The molecule has 3 rings (SSSR count). The number of nitrogens with zero attached hydrogens (tertiary/aromatic N) is 1. The predicted molar refractivity (Wildman–Crippen MR) is 93.6 cm³/mol. The van der Waals surface area contributed by atoms with Crippen molar-refractivity contribution in [3.8, 4) is 5.75 Å². The first kappa shape index (κ1) is 16.6. The minimum absolute atomic E-state index is 0.0413. The Bertz CT molecular complexity index is 695. The Morgan fingerprint density at radius 2 is 2.08 bits per heavy atom. The Labute approximate surface area is 142 Å². The van der Waals surface area contributed by atoms with E-state index in [-0.39, 0.29) is 23.7 Å². The lowest BCUT2D eigenvalue weighted by molar-refractivity contribution is -0.124. The van der Waals surface area contributed by atoms with E-state index < -0.39 is 0 Å². The summed E-state index contributed by atoms with van der Waals surface area (Å²) < 4.78 is 2.09. The van der Waals surface area contributed by atoms with Crippen molar-refractivity contribution in [2.45, 2.75) is 45.4 Å². The molecule has 0 saturated heterocycles. The highest BCUT2D eigenvalue weighted by atomic mass is 16.3. The fourth-order valence-electron chi connectivity index (χ4n) is 3.11. The summed E-state index contributed by atoms with van der Waals surface area (Å²) in [6.07, 6.45) is 4.68. The van der Waals surface area contributed by atoms with E-state index in [1.807, 2.05) is 30.6 Å². The Morgan fingerprint density at radius 3 is 2.79 bits per heavy atom. The van der Waals surface area contributed by atoms with Gasteiger partial charge in [-0.2, -0.15) is 0 Å². The summed E-state index contributed by atoms with van der Waals surface area (Å²) in [4.78, 5) is 12.7. The number of carbonyl (C=O) groups is 1. The van der Waals surface area contributed by atoms with E-state index in [9.17, 15) is 9.90 Å². The van der Waals surface area contributed by atoms with Gasteiger partial charge in [0.1, 0.15) is 5.75 Å². The second-order valence-electron chi connectivity index (χ2n) is 6.83. The van der Waals surface area contributed by atoms with Gasteiger partial charge in [-0.3, -0.25) is 4.79 Å². The fraction of sp³-hybridized carbons (Fsp3) is 0.421. The summed E-state index contributed by atoms with van der Waals surface area (Å²) in [5.74, 6) is 0.661. The van der Waals surface area contributed by atoms with E-state index in [1.165, 1.54) is 0 Å². The van der Waals surface area contributed by atoms with E-state index in [1.54, 1.807) is 12.1 Å². The molecular weight excluding hydrogens is 302 g/mol. The van der Waals surface area contributed by atoms with E-state index in [0.29, 0.717) is 18.9 Å². The molecule has 1 aromatic carbocycles. The van der Waals surface area contributed by atoms with Crippen LogP contribution < -0.4 is 10.6 Å². The largest absolute Gasteiger partial charge is 0.508 e. The molecule has 0 radical (unpaired) electrons. The Morgan fingerprint density at radius 1 is 1.33 bits per heavy atom. The second kappa shape index (κ2) is 7.09. The molecule has 0 bridgehead atoms. The molecule has 2 aromatic rings. The van der Waals surface area contributed by atoms with Gasteiger partial charge in [-0.05, 0) is 47.7 Å². The molecule has 3 N–H and O–H groups in total. The minimum atomic E-state index is -0.229. The van der Waals surface area contributed by atoms with Crippen molar-refractivity contribution in [2.75, 3.05) is 0 Å². The van der Waals surface area contributed by atoms with Gasteiger partial charge in [0, 0.05) is 31.5 Å². The summed E-state index contributed by atoms with van der Waals surface area (Å²) in [5.41, 5.74) is 2.19. The molecule has 2 heterocycles. The monoisotopic (exact) mass is 327 g/mol. The Balaban J connectivity index is 1.64. The molecule has 2 atom stereocenters. The lowest BCUT2D eigenvalue weighted by atomic mass is 9.94.